The Morgan fingerprint density at radius 2 is 1.74 bits per heavy atom. The lowest BCUT2D eigenvalue weighted by Gasteiger charge is -2.20. The Labute approximate surface area is 136 Å². The number of ether oxygens (including phenoxy) is 1. The van der Waals surface area contributed by atoms with Crippen LogP contribution in [-0.2, 0) is 4.79 Å². The predicted octanol–water partition coefficient (Wildman–Crippen LogP) is 4.09. The van der Waals surface area contributed by atoms with Gasteiger partial charge in [0, 0.05) is 0 Å². The molecule has 1 amide bonds. The second kappa shape index (κ2) is 7.27. The molecule has 0 aliphatic carbocycles. The van der Waals surface area contributed by atoms with Gasteiger partial charge < -0.3 is 10.1 Å². The first-order valence-corrected chi connectivity index (χ1v) is 7.66. The fourth-order valence-electron chi connectivity index (χ4n) is 2.49. The summed E-state index contributed by atoms with van der Waals surface area (Å²) >= 11 is 0. The van der Waals surface area contributed by atoms with Crippen LogP contribution < -0.4 is 10.1 Å². The number of carbonyl (C=O) groups is 1. The summed E-state index contributed by atoms with van der Waals surface area (Å²) in [5, 5.41) is 2.95. The van der Waals surface area contributed by atoms with Gasteiger partial charge in [0.2, 0.25) is 0 Å². The van der Waals surface area contributed by atoms with Gasteiger partial charge in [-0.3, -0.25) is 4.79 Å². The van der Waals surface area contributed by atoms with E-state index in [-0.39, 0.29) is 17.8 Å². The van der Waals surface area contributed by atoms with Crippen molar-refractivity contribution in [2.75, 3.05) is 0 Å². The molecule has 0 spiro atoms. The van der Waals surface area contributed by atoms with Crippen molar-refractivity contribution in [3.05, 3.63) is 65.0 Å². The van der Waals surface area contributed by atoms with E-state index < -0.39 is 6.10 Å². The molecule has 0 fully saturated rings. The number of halogens is 1. The Hall–Kier alpha value is -2.36. The van der Waals surface area contributed by atoms with Gasteiger partial charge in [-0.25, -0.2) is 4.39 Å². The van der Waals surface area contributed by atoms with Crippen molar-refractivity contribution in [3.63, 3.8) is 0 Å². The van der Waals surface area contributed by atoms with Crippen molar-refractivity contribution < 1.29 is 13.9 Å². The molecule has 2 atom stereocenters. The van der Waals surface area contributed by atoms with Gasteiger partial charge in [-0.2, -0.15) is 0 Å². The second-order valence-electron chi connectivity index (χ2n) is 5.80. The molecule has 0 heterocycles. The summed E-state index contributed by atoms with van der Waals surface area (Å²) in [7, 11) is 0. The van der Waals surface area contributed by atoms with Gasteiger partial charge in [0.05, 0.1) is 6.04 Å². The number of nitrogens with one attached hydrogen (secondary N) is 1. The number of hydrogen-bond donors (Lipinski definition) is 1. The van der Waals surface area contributed by atoms with Crippen molar-refractivity contribution in [2.45, 2.75) is 39.8 Å². The molecular weight excluding hydrogens is 293 g/mol. The standard InChI is InChI=1S/C19H22FNO2/c1-12-5-10-18(13(2)11-12)14(3)21-19(22)15(4)23-17-8-6-16(20)7-9-17/h5-11,14-15H,1-4H3,(H,21,22)/t14-,15+/m0/s1. The third-order valence-electron chi connectivity index (χ3n) is 3.75. The number of carbonyl (C=O) groups excluding carboxylic acids is 1. The van der Waals surface area contributed by atoms with Crippen molar-refractivity contribution in [1.82, 2.24) is 5.32 Å². The smallest absolute Gasteiger partial charge is 0.261 e. The Morgan fingerprint density at radius 3 is 2.35 bits per heavy atom. The van der Waals surface area contributed by atoms with Crippen molar-refractivity contribution in [2.24, 2.45) is 0 Å². The average Bonchev–Trinajstić information content (AvgIpc) is 2.49. The molecule has 2 aromatic rings. The van der Waals surface area contributed by atoms with Crippen LogP contribution in [0.1, 0.15) is 36.6 Å². The highest BCUT2D eigenvalue weighted by Gasteiger charge is 2.18. The van der Waals surface area contributed by atoms with Crippen LogP contribution in [0.2, 0.25) is 0 Å². The molecule has 122 valence electrons. The Kier molecular flexibility index (Phi) is 5.37. The molecule has 0 aliphatic rings. The first-order valence-electron chi connectivity index (χ1n) is 7.66. The largest absolute Gasteiger partial charge is 0.481 e. The Balaban J connectivity index is 1.98. The van der Waals surface area contributed by atoms with Crippen LogP contribution in [0.15, 0.2) is 42.5 Å². The van der Waals surface area contributed by atoms with E-state index in [0.717, 1.165) is 11.1 Å². The monoisotopic (exact) mass is 315 g/mol. The number of hydrogen-bond acceptors (Lipinski definition) is 2. The lowest BCUT2D eigenvalue weighted by molar-refractivity contribution is -0.127. The zero-order valence-corrected chi connectivity index (χ0v) is 13.9. The molecule has 23 heavy (non-hydrogen) atoms. The average molecular weight is 315 g/mol. The minimum atomic E-state index is -0.659. The highest BCUT2D eigenvalue weighted by molar-refractivity contribution is 5.81. The van der Waals surface area contributed by atoms with Gasteiger partial charge in [-0.05, 0) is 63.1 Å². The van der Waals surface area contributed by atoms with Gasteiger partial charge in [0.15, 0.2) is 6.10 Å². The van der Waals surface area contributed by atoms with Crippen molar-refractivity contribution in [1.29, 1.82) is 0 Å². The van der Waals surface area contributed by atoms with E-state index in [1.807, 2.05) is 32.9 Å². The maximum Gasteiger partial charge on any atom is 0.261 e. The molecule has 0 bridgehead atoms. The highest BCUT2D eigenvalue weighted by atomic mass is 19.1. The molecular formula is C19H22FNO2. The van der Waals surface area contributed by atoms with Crippen molar-refractivity contribution in [3.8, 4) is 5.75 Å². The molecule has 3 nitrogen and oxygen atoms in total. The summed E-state index contributed by atoms with van der Waals surface area (Å²) in [6, 6.07) is 11.7. The van der Waals surface area contributed by atoms with Gasteiger partial charge in [0.25, 0.3) is 5.91 Å². The molecule has 0 saturated carbocycles. The lowest BCUT2D eigenvalue weighted by atomic mass is 10.0. The first kappa shape index (κ1) is 17.0. The molecule has 1 N–H and O–H groups in total. The fourth-order valence-corrected chi connectivity index (χ4v) is 2.49. The van der Waals surface area contributed by atoms with Crippen LogP contribution in [-0.4, -0.2) is 12.0 Å². The molecule has 0 aromatic heterocycles. The van der Waals surface area contributed by atoms with E-state index in [1.54, 1.807) is 6.92 Å². The summed E-state index contributed by atoms with van der Waals surface area (Å²) < 4.78 is 18.4. The predicted molar refractivity (Wildman–Crippen MR) is 89.0 cm³/mol. The second-order valence-corrected chi connectivity index (χ2v) is 5.80. The van der Waals surface area contributed by atoms with Crippen LogP contribution in [0.5, 0.6) is 5.75 Å². The molecule has 4 heteroatoms. The highest BCUT2D eigenvalue weighted by Crippen LogP contribution is 2.19. The van der Waals surface area contributed by atoms with Crippen LogP contribution in [0, 0.1) is 19.7 Å². The summed E-state index contributed by atoms with van der Waals surface area (Å²) in [4.78, 5) is 12.3. The zero-order valence-electron chi connectivity index (χ0n) is 13.9. The minimum absolute atomic E-state index is 0.109. The molecule has 0 unspecified atom stereocenters. The topological polar surface area (TPSA) is 38.3 Å². The van der Waals surface area contributed by atoms with Crippen LogP contribution in [0.3, 0.4) is 0 Å². The summed E-state index contributed by atoms with van der Waals surface area (Å²) in [6.07, 6.45) is -0.659. The summed E-state index contributed by atoms with van der Waals surface area (Å²) in [5.41, 5.74) is 3.42. The van der Waals surface area contributed by atoms with E-state index in [4.69, 9.17) is 4.74 Å². The Morgan fingerprint density at radius 1 is 1.09 bits per heavy atom. The third-order valence-corrected chi connectivity index (χ3v) is 3.75. The SMILES string of the molecule is Cc1ccc([C@H](C)NC(=O)[C@@H](C)Oc2ccc(F)cc2)c(C)c1. The zero-order chi connectivity index (χ0) is 17.0. The third kappa shape index (κ3) is 4.55. The lowest BCUT2D eigenvalue weighted by Crippen LogP contribution is -2.38. The van der Waals surface area contributed by atoms with E-state index in [1.165, 1.54) is 29.8 Å². The van der Waals surface area contributed by atoms with E-state index in [0.29, 0.717) is 5.75 Å². The van der Waals surface area contributed by atoms with Gasteiger partial charge in [0.1, 0.15) is 11.6 Å². The van der Waals surface area contributed by atoms with Crippen molar-refractivity contribution >= 4 is 5.91 Å². The van der Waals surface area contributed by atoms with E-state index in [2.05, 4.69) is 11.4 Å². The van der Waals surface area contributed by atoms with E-state index >= 15 is 0 Å². The number of rotatable bonds is 5. The number of benzene rings is 2. The fraction of sp³-hybridized carbons (Fsp3) is 0.316. The van der Waals surface area contributed by atoms with Gasteiger partial charge in [-0.1, -0.05) is 23.8 Å². The molecule has 0 saturated heterocycles. The molecule has 0 radical (unpaired) electrons. The molecule has 2 rings (SSSR count). The number of amides is 1. The van der Waals surface area contributed by atoms with Gasteiger partial charge >= 0.3 is 0 Å². The maximum absolute atomic E-state index is 12.9. The molecule has 2 aromatic carbocycles. The minimum Gasteiger partial charge on any atom is -0.481 e. The maximum atomic E-state index is 12.9. The van der Waals surface area contributed by atoms with Gasteiger partial charge in [-0.15, -0.1) is 0 Å². The van der Waals surface area contributed by atoms with Crippen LogP contribution >= 0.6 is 0 Å². The quantitative estimate of drug-likeness (QED) is 0.902. The normalized spacial score (nSPS) is 13.3. The number of aryl methyl sites for hydroxylation is 2. The first-order chi connectivity index (χ1) is 10.9. The molecule has 0 aliphatic heterocycles. The summed E-state index contributed by atoms with van der Waals surface area (Å²) in [6.45, 7) is 7.69. The van der Waals surface area contributed by atoms with E-state index in [9.17, 15) is 9.18 Å². The van der Waals surface area contributed by atoms with Crippen LogP contribution in [0.4, 0.5) is 4.39 Å². The summed E-state index contributed by atoms with van der Waals surface area (Å²) in [5.74, 6) is -0.0760. The van der Waals surface area contributed by atoms with Crippen LogP contribution in [0.25, 0.3) is 0 Å². The Bertz CT molecular complexity index is 682.